The van der Waals surface area contributed by atoms with Crippen molar-refractivity contribution >= 4 is 12.1 Å². The lowest BCUT2D eigenvalue weighted by Gasteiger charge is -2.31. The second-order valence-corrected chi connectivity index (χ2v) is 5.95. The molecule has 0 unspecified atom stereocenters. The molecule has 0 radical (unpaired) electrons. The van der Waals surface area contributed by atoms with Gasteiger partial charge in [0.2, 0.25) is 0 Å². The van der Waals surface area contributed by atoms with Gasteiger partial charge in [-0.1, -0.05) is 0 Å². The summed E-state index contributed by atoms with van der Waals surface area (Å²) in [5, 5.41) is 12.1. The number of carboxylic acids is 1. The molecule has 0 aromatic heterocycles. The number of hydrogen-bond donors (Lipinski definition) is 2. The number of amides is 1. The summed E-state index contributed by atoms with van der Waals surface area (Å²) >= 11 is 0. The minimum Gasteiger partial charge on any atom is -0.480 e. The van der Waals surface area contributed by atoms with E-state index in [1.54, 1.807) is 20.8 Å². The smallest absolute Gasteiger partial charge is 0.410 e. The Labute approximate surface area is 114 Å². The number of carbonyl (C=O) groups excluding carboxylic acids is 1. The topological polar surface area (TPSA) is 78.9 Å². The van der Waals surface area contributed by atoms with E-state index in [9.17, 15) is 9.59 Å². The van der Waals surface area contributed by atoms with Crippen molar-refractivity contribution in [2.24, 2.45) is 5.92 Å². The third-order valence-electron chi connectivity index (χ3n) is 2.92. The molecule has 1 saturated heterocycles. The maximum atomic E-state index is 12.0. The fourth-order valence-corrected chi connectivity index (χ4v) is 2.07. The number of piperidine rings is 1. The van der Waals surface area contributed by atoms with Crippen LogP contribution in [0, 0.1) is 5.92 Å². The molecule has 6 nitrogen and oxygen atoms in total. The normalized spacial score (nSPS) is 17.0. The van der Waals surface area contributed by atoms with Crippen molar-refractivity contribution in [3.8, 4) is 0 Å². The average molecular weight is 272 g/mol. The molecule has 110 valence electrons. The highest BCUT2D eigenvalue weighted by Crippen LogP contribution is 2.16. The number of carboxylic acid groups (broad SMARTS) is 1. The third kappa shape index (κ3) is 6.42. The molecular weight excluding hydrogens is 248 g/mol. The second-order valence-electron chi connectivity index (χ2n) is 5.95. The molecule has 0 aliphatic carbocycles. The number of hydrogen-bond acceptors (Lipinski definition) is 4. The van der Waals surface area contributed by atoms with Crippen LogP contribution in [0.3, 0.4) is 0 Å². The highest BCUT2D eigenvalue weighted by atomic mass is 16.6. The second kappa shape index (κ2) is 6.75. The number of rotatable bonds is 4. The van der Waals surface area contributed by atoms with Crippen molar-refractivity contribution in [2.75, 3.05) is 26.2 Å². The minimum atomic E-state index is -1.01. The van der Waals surface area contributed by atoms with Gasteiger partial charge in [0.05, 0.1) is 0 Å². The highest BCUT2D eigenvalue weighted by Gasteiger charge is 2.26. The van der Waals surface area contributed by atoms with E-state index in [0.29, 0.717) is 12.5 Å². The SMILES string of the molecule is CC(C)(C)OC(=O)N(CC(=O)O)CC1CCNCC1. The summed E-state index contributed by atoms with van der Waals surface area (Å²) in [6.07, 6.45) is 1.37. The summed E-state index contributed by atoms with van der Waals surface area (Å²) in [4.78, 5) is 24.1. The van der Waals surface area contributed by atoms with Gasteiger partial charge in [0.25, 0.3) is 0 Å². The molecule has 2 N–H and O–H groups in total. The Morgan fingerprint density at radius 2 is 1.89 bits per heavy atom. The van der Waals surface area contributed by atoms with Gasteiger partial charge in [-0.15, -0.1) is 0 Å². The van der Waals surface area contributed by atoms with E-state index >= 15 is 0 Å². The lowest BCUT2D eigenvalue weighted by Crippen LogP contribution is -2.44. The van der Waals surface area contributed by atoms with Gasteiger partial charge in [0.15, 0.2) is 0 Å². The summed E-state index contributed by atoms with van der Waals surface area (Å²) in [7, 11) is 0. The molecule has 0 aromatic rings. The molecule has 19 heavy (non-hydrogen) atoms. The quantitative estimate of drug-likeness (QED) is 0.806. The number of nitrogens with one attached hydrogen (secondary N) is 1. The molecule has 0 saturated carbocycles. The van der Waals surface area contributed by atoms with Crippen LogP contribution in [0.1, 0.15) is 33.6 Å². The molecule has 0 atom stereocenters. The number of ether oxygens (including phenoxy) is 1. The third-order valence-corrected chi connectivity index (χ3v) is 2.92. The van der Waals surface area contributed by atoms with Crippen molar-refractivity contribution in [2.45, 2.75) is 39.2 Å². The summed E-state index contributed by atoms with van der Waals surface area (Å²) in [5.41, 5.74) is -0.609. The van der Waals surface area contributed by atoms with Gasteiger partial charge < -0.3 is 15.2 Å². The molecule has 1 amide bonds. The Morgan fingerprint density at radius 1 is 1.32 bits per heavy atom. The van der Waals surface area contributed by atoms with Crippen molar-refractivity contribution in [1.29, 1.82) is 0 Å². The molecule has 1 heterocycles. The van der Waals surface area contributed by atoms with Crippen LogP contribution in [-0.4, -0.2) is 53.8 Å². The number of aliphatic carboxylic acids is 1. The lowest BCUT2D eigenvalue weighted by molar-refractivity contribution is -0.138. The van der Waals surface area contributed by atoms with Crippen molar-refractivity contribution in [3.63, 3.8) is 0 Å². The average Bonchev–Trinajstić information content (AvgIpc) is 2.26. The fraction of sp³-hybridized carbons (Fsp3) is 0.846. The van der Waals surface area contributed by atoms with Gasteiger partial charge in [-0.2, -0.15) is 0 Å². The zero-order valence-electron chi connectivity index (χ0n) is 11.9. The Morgan fingerprint density at radius 3 is 2.37 bits per heavy atom. The molecule has 0 aromatic carbocycles. The lowest BCUT2D eigenvalue weighted by atomic mass is 9.98. The van der Waals surface area contributed by atoms with E-state index < -0.39 is 17.7 Å². The first kappa shape index (κ1) is 15.8. The maximum absolute atomic E-state index is 12.0. The van der Waals surface area contributed by atoms with Crippen LogP contribution in [-0.2, 0) is 9.53 Å². The zero-order chi connectivity index (χ0) is 14.5. The van der Waals surface area contributed by atoms with Gasteiger partial charge in [0.1, 0.15) is 12.1 Å². The summed E-state index contributed by atoms with van der Waals surface area (Å²) < 4.78 is 5.25. The molecule has 1 rings (SSSR count). The van der Waals surface area contributed by atoms with Crippen LogP contribution in [0.15, 0.2) is 0 Å². The summed E-state index contributed by atoms with van der Waals surface area (Å²) in [6.45, 7) is 7.29. The van der Waals surface area contributed by atoms with Crippen LogP contribution in [0.25, 0.3) is 0 Å². The monoisotopic (exact) mass is 272 g/mol. The molecule has 6 heteroatoms. The molecule has 1 aliphatic rings. The van der Waals surface area contributed by atoms with Crippen LogP contribution in [0.2, 0.25) is 0 Å². The van der Waals surface area contributed by atoms with Gasteiger partial charge >= 0.3 is 12.1 Å². The van der Waals surface area contributed by atoms with Crippen LogP contribution in [0.5, 0.6) is 0 Å². The van der Waals surface area contributed by atoms with Crippen molar-refractivity contribution in [3.05, 3.63) is 0 Å². The Kier molecular flexibility index (Phi) is 5.60. The van der Waals surface area contributed by atoms with E-state index in [0.717, 1.165) is 25.9 Å². The number of nitrogens with zero attached hydrogens (tertiary/aromatic N) is 1. The predicted octanol–water partition coefficient (Wildman–Crippen LogP) is 1.31. The minimum absolute atomic E-state index is 0.307. The molecule has 1 aliphatic heterocycles. The molecule has 1 fully saturated rings. The van der Waals surface area contributed by atoms with Crippen LogP contribution in [0.4, 0.5) is 4.79 Å². The Balaban J connectivity index is 2.59. The molecule has 0 spiro atoms. The van der Waals surface area contributed by atoms with E-state index in [-0.39, 0.29) is 6.54 Å². The molecular formula is C13H24N2O4. The Bertz CT molecular complexity index is 319. The summed E-state index contributed by atoms with van der Waals surface area (Å²) in [6, 6.07) is 0. The highest BCUT2D eigenvalue weighted by molar-refractivity contribution is 5.76. The van der Waals surface area contributed by atoms with E-state index in [2.05, 4.69) is 5.32 Å². The Hall–Kier alpha value is -1.30. The van der Waals surface area contributed by atoms with Gasteiger partial charge in [-0.25, -0.2) is 4.79 Å². The molecule has 0 bridgehead atoms. The largest absolute Gasteiger partial charge is 0.480 e. The standard InChI is InChI=1S/C13H24N2O4/c1-13(2,3)19-12(18)15(9-11(16)17)8-10-4-6-14-7-5-10/h10,14H,4-9H2,1-3H3,(H,16,17). The van der Waals surface area contributed by atoms with Crippen molar-refractivity contribution in [1.82, 2.24) is 10.2 Å². The van der Waals surface area contributed by atoms with Gasteiger partial charge in [-0.05, 0) is 52.6 Å². The summed E-state index contributed by atoms with van der Waals surface area (Å²) in [5.74, 6) is -0.673. The van der Waals surface area contributed by atoms with E-state index in [1.165, 1.54) is 4.90 Å². The number of carbonyl (C=O) groups is 2. The first-order valence-electron chi connectivity index (χ1n) is 6.68. The first-order chi connectivity index (χ1) is 8.78. The first-order valence-corrected chi connectivity index (χ1v) is 6.68. The van der Waals surface area contributed by atoms with Crippen molar-refractivity contribution < 1.29 is 19.4 Å². The van der Waals surface area contributed by atoms with Crippen LogP contribution < -0.4 is 5.32 Å². The predicted molar refractivity (Wildman–Crippen MR) is 71.0 cm³/mol. The van der Waals surface area contributed by atoms with E-state index in [4.69, 9.17) is 9.84 Å². The van der Waals surface area contributed by atoms with Crippen LogP contribution >= 0.6 is 0 Å². The van der Waals surface area contributed by atoms with Gasteiger partial charge in [-0.3, -0.25) is 9.69 Å². The fourth-order valence-electron chi connectivity index (χ4n) is 2.07. The van der Waals surface area contributed by atoms with E-state index in [1.807, 2.05) is 0 Å². The zero-order valence-corrected chi connectivity index (χ0v) is 11.9. The van der Waals surface area contributed by atoms with Gasteiger partial charge in [0, 0.05) is 6.54 Å². The maximum Gasteiger partial charge on any atom is 0.410 e.